The van der Waals surface area contributed by atoms with Gasteiger partial charge in [0.15, 0.2) is 0 Å². The van der Waals surface area contributed by atoms with E-state index in [1.54, 1.807) is 6.07 Å². The number of hydrogen-bond donors (Lipinski definition) is 0. The van der Waals surface area contributed by atoms with Crippen molar-refractivity contribution in [2.45, 2.75) is 6.92 Å². The minimum absolute atomic E-state index is 0.170. The first-order valence-corrected chi connectivity index (χ1v) is 6.41. The van der Waals surface area contributed by atoms with Crippen molar-refractivity contribution in [2.24, 2.45) is 0 Å². The van der Waals surface area contributed by atoms with Crippen molar-refractivity contribution in [3.8, 4) is 11.1 Å². The maximum atomic E-state index is 13.9. The van der Waals surface area contributed by atoms with Crippen molar-refractivity contribution in [3.05, 3.63) is 72.0 Å². The van der Waals surface area contributed by atoms with Crippen molar-refractivity contribution in [2.75, 3.05) is 0 Å². The van der Waals surface area contributed by atoms with Gasteiger partial charge in [-0.2, -0.15) is 9.59 Å². The quantitative estimate of drug-likeness (QED) is 0.663. The predicted octanol–water partition coefficient (Wildman–Crippen LogP) is 4.37. The number of carbonyl (C=O) groups excluding carboxylic acids is 2. The molecule has 0 aliphatic carbocycles. The van der Waals surface area contributed by atoms with E-state index in [0.29, 0.717) is 5.56 Å². The summed E-state index contributed by atoms with van der Waals surface area (Å²) in [7, 11) is 0. The zero-order valence-corrected chi connectivity index (χ0v) is 11.5. The van der Waals surface area contributed by atoms with Crippen LogP contribution in [0.3, 0.4) is 0 Å². The third kappa shape index (κ3) is 3.04. The molecule has 0 aromatic heterocycles. The van der Waals surface area contributed by atoms with Crippen LogP contribution < -0.4 is 0 Å². The normalized spacial score (nSPS) is 9.62. The summed E-state index contributed by atoms with van der Waals surface area (Å²) in [6.45, 7) is 2.05. The predicted molar refractivity (Wildman–Crippen MR) is 79.1 cm³/mol. The summed E-state index contributed by atoms with van der Waals surface area (Å²) in [5.74, 6) is -0.170. The summed E-state index contributed by atoms with van der Waals surface area (Å²) < 4.78 is 13.9. The molecule has 0 unspecified atom stereocenters. The summed E-state index contributed by atoms with van der Waals surface area (Å²) in [6.07, 6.45) is 0.250. The van der Waals surface area contributed by atoms with Gasteiger partial charge in [0, 0.05) is 5.56 Å². The Bertz CT molecular complexity index is 803. The van der Waals surface area contributed by atoms with E-state index in [1.807, 2.05) is 43.3 Å². The maximum absolute atomic E-state index is 13.9. The first-order valence-electron chi connectivity index (χ1n) is 6.41. The number of fused-ring (bicyclic) bond motifs is 1. The zero-order chi connectivity index (χ0) is 15.2. The average molecular weight is 280 g/mol. The second-order valence-corrected chi connectivity index (χ2v) is 4.52. The Kier molecular flexibility index (Phi) is 4.60. The molecule has 0 bridgehead atoms. The van der Waals surface area contributed by atoms with Crippen LogP contribution in [0.5, 0.6) is 0 Å². The van der Waals surface area contributed by atoms with Gasteiger partial charge in [-0.15, -0.1) is 0 Å². The van der Waals surface area contributed by atoms with Crippen LogP contribution in [0.4, 0.5) is 4.39 Å². The van der Waals surface area contributed by atoms with Gasteiger partial charge in [-0.05, 0) is 34.9 Å². The van der Waals surface area contributed by atoms with Gasteiger partial charge in [-0.1, -0.05) is 54.6 Å². The molecule has 104 valence electrons. The Morgan fingerprint density at radius 3 is 2.14 bits per heavy atom. The lowest BCUT2D eigenvalue weighted by atomic mass is 9.95. The zero-order valence-electron chi connectivity index (χ0n) is 11.5. The highest BCUT2D eigenvalue weighted by molar-refractivity contribution is 5.91. The number of halogens is 1. The molecule has 0 heterocycles. The third-order valence-corrected chi connectivity index (χ3v) is 3.36. The molecule has 3 aromatic rings. The van der Waals surface area contributed by atoms with E-state index in [-0.39, 0.29) is 12.0 Å². The summed E-state index contributed by atoms with van der Waals surface area (Å²) >= 11 is 0. The Morgan fingerprint density at radius 2 is 1.43 bits per heavy atom. The highest BCUT2D eigenvalue weighted by Gasteiger charge is 2.08. The number of benzene rings is 3. The first kappa shape index (κ1) is 14.6. The number of aryl methyl sites for hydroxylation is 1. The van der Waals surface area contributed by atoms with E-state index in [0.717, 1.165) is 11.1 Å². The molecule has 0 saturated heterocycles. The largest absolute Gasteiger partial charge is 0.373 e. The van der Waals surface area contributed by atoms with E-state index in [9.17, 15) is 4.39 Å². The summed E-state index contributed by atoms with van der Waals surface area (Å²) in [5.41, 5.74) is 2.76. The molecule has 0 amide bonds. The minimum Gasteiger partial charge on any atom is -0.206 e. The van der Waals surface area contributed by atoms with Crippen molar-refractivity contribution in [3.63, 3.8) is 0 Å². The number of hydrogen-bond acceptors (Lipinski definition) is 2. The highest BCUT2D eigenvalue weighted by atomic mass is 19.1. The fourth-order valence-electron chi connectivity index (χ4n) is 2.40. The molecule has 0 spiro atoms. The highest BCUT2D eigenvalue weighted by Crippen LogP contribution is 2.30. The molecule has 3 heteroatoms. The Balaban J connectivity index is 0.000000497. The molecule has 2 nitrogen and oxygen atoms in total. The summed E-state index contributed by atoms with van der Waals surface area (Å²) in [6, 6.07) is 19.1. The molecule has 21 heavy (non-hydrogen) atoms. The van der Waals surface area contributed by atoms with Crippen LogP contribution in [-0.4, -0.2) is 6.15 Å². The monoisotopic (exact) mass is 280 g/mol. The van der Waals surface area contributed by atoms with Gasteiger partial charge in [0.05, 0.1) is 0 Å². The van der Waals surface area contributed by atoms with Gasteiger partial charge in [0.1, 0.15) is 5.82 Å². The third-order valence-electron chi connectivity index (χ3n) is 3.36. The average Bonchev–Trinajstić information content (AvgIpc) is 2.50. The van der Waals surface area contributed by atoms with Crippen LogP contribution in [0.2, 0.25) is 0 Å². The standard InChI is InChI=1S/C17H13F.CO2/c1-12-14-7-3-2-6-13(14)10-11-15(12)16-8-4-5-9-17(16)18;2-1-3/h2-11H,1H3;. The molecular formula is C18H13FO2. The molecular weight excluding hydrogens is 267 g/mol. The lowest BCUT2D eigenvalue weighted by Crippen LogP contribution is -1.88. The first-order chi connectivity index (χ1) is 10.2. The molecule has 0 atom stereocenters. The fraction of sp³-hybridized carbons (Fsp3) is 0.0556. The van der Waals surface area contributed by atoms with Gasteiger partial charge in [-0.3, -0.25) is 0 Å². The topological polar surface area (TPSA) is 34.1 Å². The van der Waals surface area contributed by atoms with Crippen molar-refractivity contribution >= 4 is 16.9 Å². The molecule has 0 aliphatic heterocycles. The number of rotatable bonds is 1. The van der Waals surface area contributed by atoms with E-state index in [1.165, 1.54) is 16.8 Å². The molecule has 0 saturated carbocycles. The smallest absolute Gasteiger partial charge is 0.206 e. The van der Waals surface area contributed by atoms with E-state index >= 15 is 0 Å². The van der Waals surface area contributed by atoms with E-state index < -0.39 is 0 Å². The lowest BCUT2D eigenvalue weighted by molar-refractivity contribution is -0.191. The van der Waals surface area contributed by atoms with Crippen molar-refractivity contribution in [1.29, 1.82) is 0 Å². The van der Waals surface area contributed by atoms with E-state index in [2.05, 4.69) is 12.1 Å². The maximum Gasteiger partial charge on any atom is 0.373 e. The Labute approximate surface area is 121 Å². The Hall–Kier alpha value is -2.77. The molecule has 0 aliphatic rings. The van der Waals surface area contributed by atoms with Gasteiger partial charge in [0.25, 0.3) is 0 Å². The van der Waals surface area contributed by atoms with Crippen LogP contribution >= 0.6 is 0 Å². The molecule has 3 rings (SSSR count). The second-order valence-electron chi connectivity index (χ2n) is 4.52. The van der Waals surface area contributed by atoms with Crippen LogP contribution in [0.25, 0.3) is 21.9 Å². The molecule has 3 aromatic carbocycles. The van der Waals surface area contributed by atoms with Crippen LogP contribution in [0, 0.1) is 12.7 Å². The lowest BCUT2D eigenvalue weighted by Gasteiger charge is -2.10. The minimum atomic E-state index is -0.170. The van der Waals surface area contributed by atoms with Gasteiger partial charge >= 0.3 is 6.15 Å². The van der Waals surface area contributed by atoms with Gasteiger partial charge in [-0.25, -0.2) is 4.39 Å². The molecule has 0 fully saturated rings. The van der Waals surface area contributed by atoms with Crippen molar-refractivity contribution < 1.29 is 14.0 Å². The fourth-order valence-corrected chi connectivity index (χ4v) is 2.40. The second kappa shape index (κ2) is 6.60. The van der Waals surface area contributed by atoms with Crippen LogP contribution in [0.1, 0.15) is 5.56 Å². The van der Waals surface area contributed by atoms with Gasteiger partial charge in [0.2, 0.25) is 0 Å². The Morgan fingerprint density at radius 1 is 0.810 bits per heavy atom. The molecule has 0 N–H and O–H groups in total. The van der Waals surface area contributed by atoms with Crippen LogP contribution in [0.15, 0.2) is 60.7 Å². The summed E-state index contributed by atoms with van der Waals surface area (Å²) in [5, 5.41) is 2.37. The molecule has 0 radical (unpaired) electrons. The SMILES string of the molecule is Cc1c(-c2ccccc2F)ccc2ccccc12.O=C=O. The summed E-state index contributed by atoms with van der Waals surface area (Å²) in [4.78, 5) is 16.2. The van der Waals surface area contributed by atoms with Crippen LogP contribution in [-0.2, 0) is 9.59 Å². The van der Waals surface area contributed by atoms with Gasteiger partial charge < -0.3 is 0 Å². The van der Waals surface area contributed by atoms with Crippen molar-refractivity contribution in [1.82, 2.24) is 0 Å². The van der Waals surface area contributed by atoms with E-state index in [4.69, 9.17) is 9.59 Å².